The molecule has 2 atom stereocenters. The van der Waals surface area contributed by atoms with Crippen LogP contribution in [0.5, 0.6) is 0 Å². The predicted molar refractivity (Wildman–Crippen MR) is 126 cm³/mol. The normalized spacial score (nSPS) is 23.0. The van der Waals surface area contributed by atoms with E-state index in [0.717, 1.165) is 29.5 Å². The highest BCUT2D eigenvalue weighted by atomic mass is 16.2. The molecule has 0 spiro atoms. The van der Waals surface area contributed by atoms with Gasteiger partial charge in [-0.25, -0.2) is 0 Å². The lowest BCUT2D eigenvalue weighted by atomic mass is 9.72. The van der Waals surface area contributed by atoms with Crippen molar-refractivity contribution >= 4 is 17.7 Å². The lowest BCUT2D eigenvalue weighted by Gasteiger charge is -2.44. The van der Waals surface area contributed by atoms with E-state index in [1.807, 2.05) is 35.4 Å². The highest BCUT2D eigenvalue weighted by molar-refractivity contribution is 5.90. The summed E-state index contributed by atoms with van der Waals surface area (Å²) < 4.78 is 0. The van der Waals surface area contributed by atoms with E-state index >= 15 is 0 Å². The Kier molecular flexibility index (Phi) is 6.49. The molecule has 7 heteroatoms. The first-order valence-electron chi connectivity index (χ1n) is 11.5. The molecule has 1 aromatic heterocycles. The topological polar surface area (TPSA) is 73.8 Å². The molecule has 0 aliphatic carbocycles. The number of pyridine rings is 1. The molecule has 174 valence electrons. The zero-order valence-corrected chi connectivity index (χ0v) is 19.7. The van der Waals surface area contributed by atoms with Crippen molar-refractivity contribution in [2.75, 3.05) is 40.8 Å². The van der Waals surface area contributed by atoms with Gasteiger partial charge in [0.05, 0.1) is 11.3 Å². The second kappa shape index (κ2) is 9.33. The number of carbonyl (C=O) groups excluding carboxylic acids is 3. The summed E-state index contributed by atoms with van der Waals surface area (Å²) in [5, 5.41) is 0. The Labute approximate surface area is 195 Å². The van der Waals surface area contributed by atoms with E-state index < -0.39 is 5.41 Å². The Morgan fingerprint density at radius 3 is 2.64 bits per heavy atom. The first kappa shape index (κ1) is 23.0. The van der Waals surface area contributed by atoms with Gasteiger partial charge in [0, 0.05) is 65.2 Å². The SMILES string of the molecule is CN(C)C(=O)C1(Cc2ccccc2-c2cccnc2)CCCN(C(=O)C2CC(=O)N(C)C2)C1. The van der Waals surface area contributed by atoms with E-state index in [9.17, 15) is 14.4 Å². The van der Waals surface area contributed by atoms with Crippen molar-refractivity contribution in [2.45, 2.75) is 25.7 Å². The average molecular weight is 449 g/mol. The van der Waals surface area contributed by atoms with Crippen LogP contribution < -0.4 is 0 Å². The molecular formula is C26H32N4O3. The first-order chi connectivity index (χ1) is 15.8. The Balaban J connectivity index is 1.65. The molecule has 0 radical (unpaired) electrons. The fraction of sp³-hybridized carbons (Fsp3) is 0.462. The molecule has 0 N–H and O–H groups in total. The number of hydrogen-bond acceptors (Lipinski definition) is 4. The highest BCUT2D eigenvalue weighted by Gasteiger charge is 2.46. The number of piperidine rings is 1. The quantitative estimate of drug-likeness (QED) is 0.704. The maximum atomic E-state index is 13.6. The standard InChI is InChI=1S/C26H32N4O3/c1-28(2)25(33)26(15-19-8-4-5-10-22(19)20-9-6-12-27-16-20)11-7-13-30(18-26)24(32)21-14-23(31)29(3)17-21/h4-6,8-10,12,16,21H,7,11,13-15,17-18H2,1-3H3. The van der Waals surface area contributed by atoms with Gasteiger partial charge in [-0.2, -0.15) is 0 Å². The molecule has 2 unspecified atom stereocenters. The summed E-state index contributed by atoms with van der Waals surface area (Å²) in [7, 11) is 5.30. The van der Waals surface area contributed by atoms with Crippen LogP contribution in [0.1, 0.15) is 24.8 Å². The van der Waals surface area contributed by atoms with E-state index in [4.69, 9.17) is 0 Å². The predicted octanol–water partition coefficient (Wildman–Crippen LogP) is 2.47. The Hall–Kier alpha value is -3.22. The summed E-state index contributed by atoms with van der Waals surface area (Å²) in [6, 6.07) is 12.1. The molecule has 1 aromatic carbocycles. The van der Waals surface area contributed by atoms with E-state index in [2.05, 4.69) is 17.1 Å². The second-order valence-corrected chi connectivity index (χ2v) is 9.59. The van der Waals surface area contributed by atoms with Crippen molar-refractivity contribution in [3.05, 3.63) is 54.4 Å². The fourth-order valence-electron chi connectivity index (χ4n) is 5.32. The molecule has 7 nitrogen and oxygen atoms in total. The summed E-state index contributed by atoms with van der Waals surface area (Å²) in [6.45, 7) is 1.45. The minimum Gasteiger partial charge on any atom is -0.348 e. The molecule has 2 aliphatic heterocycles. The van der Waals surface area contributed by atoms with Gasteiger partial charge in [0.15, 0.2) is 0 Å². The Morgan fingerprint density at radius 2 is 1.97 bits per heavy atom. The molecule has 2 fully saturated rings. The van der Waals surface area contributed by atoms with Crippen LogP contribution in [-0.4, -0.2) is 78.2 Å². The molecular weight excluding hydrogens is 416 g/mol. The largest absolute Gasteiger partial charge is 0.348 e. The van der Waals surface area contributed by atoms with Crippen LogP contribution in [0.15, 0.2) is 48.8 Å². The summed E-state index contributed by atoms with van der Waals surface area (Å²) in [5.41, 5.74) is 2.44. The van der Waals surface area contributed by atoms with E-state index in [1.165, 1.54) is 0 Å². The lowest BCUT2D eigenvalue weighted by molar-refractivity contribution is -0.149. The van der Waals surface area contributed by atoms with Crippen LogP contribution in [-0.2, 0) is 20.8 Å². The molecule has 3 heterocycles. The Morgan fingerprint density at radius 1 is 1.18 bits per heavy atom. The van der Waals surface area contributed by atoms with Crippen LogP contribution in [0.25, 0.3) is 11.1 Å². The minimum absolute atomic E-state index is 0.00592. The number of nitrogens with zero attached hydrogens (tertiary/aromatic N) is 4. The molecule has 4 rings (SSSR count). The number of benzene rings is 1. The van der Waals surface area contributed by atoms with Gasteiger partial charge in [0.1, 0.15) is 0 Å². The highest BCUT2D eigenvalue weighted by Crippen LogP contribution is 2.39. The number of aromatic nitrogens is 1. The second-order valence-electron chi connectivity index (χ2n) is 9.59. The number of hydrogen-bond donors (Lipinski definition) is 0. The maximum Gasteiger partial charge on any atom is 0.230 e. The molecule has 2 aliphatic rings. The fourth-order valence-corrected chi connectivity index (χ4v) is 5.32. The molecule has 0 saturated carbocycles. The number of rotatable bonds is 5. The van der Waals surface area contributed by atoms with Crippen molar-refractivity contribution < 1.29 is 14.4 Å². The van der Waals surface area contributed by atoms with Gasteiger partial charge >= 0.3 is 0 Å². The summed E-state index contributed by atoms with van der Waals surface area (Å²) >= 11 is 0. The first-order valence-corrected chi connectivity index (χ1v) is 11.5. The van der Waals surface area contributed by atoms with Gasteiger partial charge in [0.25, 0.3) is 0 Å². The zero-order valence-electron chi connectivity index (χ0n) is 19.7. The molecule has 0 bridgehead atoms. The van der Waals surface area contributed by atoms with E-state index in [0.29, 0.717) is 26.1 Å². The van der Waals surface area contributed by atoms with Crippen LogP contribution in [0.3, 0.4) is 0 Å². The van der Waals surface area contributed by atoms with Crippen molar-refractivity contribution in [1.82, 2.24) is 19.7 Å². The van der Waals surface area contributed by atoms with E-state index in [1.54, 1.807) is 37.1 Å². The van der Waals surface area contributed by atoms with Crippen molar-refractivity contribution in [3.63, 3.8) is 0 Å². The molecule has 2 aromatic rings. The number of carbonyl (C=O) groups is 3. The van der Waals surface area contributed by atoms with Gasteiger partial charge in [-0.3, -0.25) is 19.4 Å². The van der Waals surface area contributed by atoms with Crippen molar-refractivity contribution in [1.29, 1.82) is 0 Å². The molecule has 33 heavy (non-hydrogen) atoms. The third kappa shape index (κ3) is 4.63. The van der Waals surface area contributed by atoms with Gasteiger partial charge in [0.2, 0.25) is 17.7 Å². The zero-order chi connectivity index (χ0) is 23.6. The van der Waals surface area contributed by atoms with Gasteiger partial charge in [-0.15, -0.1) is 0 Å². The monoisotopic (exact) mass is 448 g/mol. The van der Waals surface area contributed by atoms with Crippen LogP contribution in [0, 0.1) is 11.3 Å². The molecule has 3 amide bonds. The van der Waals surface area contributed by atoms with Crippen molar-refractivity contribution in [3.8, 4) is 11.1 Å². The summed E-state index contributed by atoms with van der Waals surface area (Å²) in [5.74, 6) is -0.286. The smallest absolute Gasteiger partial charge is 0.230 e. The van der Waals surface area contributed by atoms with Crippen molar-refractivity contribution in [2.24, 2.45) is 11.3 Å². The van der Waals surface area contributed by atoms with E-state index in [-0.39, 0.29) is 30.1 Å². The average Bonchev–Trinajstić information content (AvgIpc) is 3.17. The minimum atomic E-state index is -0.704. The van der Waals surface area contributed by atoms with Gasteiger partial charge in [-0.05, 0) is 36.5 Å². The number of amides is 3. The van der Waals surface area contributed by atoms with Crippen LogP contribution in [0.4, 0.5) is 0 Å². The summed E-state index contributed by atoms with van der Waals surface area (Å²) in [6.07, 6.45) is 5.87. The van der Waals surface area contributed by atoms with Crippen LogP contribution >= 0.6 is 0 Å². The third-order valence-electron chi connectivity index (χ3n) is 6.96. The van der Waals surface area contributed by atoms with Crippen LogP contribution in [0.2, 0.25) is 0 Å². The third-order valence-corrected chi connectivity index (χ3v) is 6.96. The Bertz CT molecular complexity index is 1040. The maximum absolute atomic E-state index is 13.6. The molecule has 2 saturated heterocycles. The lowest BCUT2D eigenvalue weighted by Crippen LogP contribution is -2.55. The van der Waals surface area contributed by atoms with Gasteiger partial charge in [-0.1, -0.05) is 30.3 Å². The van der Waals surface area contributed by atoms with Gasteiger partial charge < -0.3 is 14.7 Å². The summed E-state index contributed by atoms with van der Waals surface area (Å²) in [4.78, 5) is 48.3. The number of likely N-dealkylation sites (tertiary alicyclic amines) is 2.